The van der Waals surface area contributed by atoms with E-state index in [0.717, 1.165) is 11.1 Å². The maximum Gasteiger partial charge on any atom is 0.245 e. The number of nitrogens with two attached hydrogens (primary N) is 1. The first-order valence-corrected chi connectivity index (χ1v) is 6.36. The molecule has 0 saturated heterocycles. The van der Waals surface area contributed by atoms with Crippen molar-refractivity contribution >= 4 is 11.6 Å². The molecule has 0 radical (unpaired) electrons. The van der Waals surface area contributed by atoms with E-state index in [4.69, 9.17) is 5.73 Å². The smallest absolute Gasteiger partial charge is 0.245 e. The van der Waals surface area contributed by atoms with Gasteiger partial charge in [0.25, 0.3) is 0 Å². The van der Waals surface area contributed by atoms with Crippen LogP contribution in [0.4, 0.5) is 10.1 Å². The van der Waals surface area contributed by atoms with Gasteiger partial charge in [0.05, 0.1) is 5.69 Å². The van der Waals surface area contributed by atoms with Gasteiger partial charge in [-0.2, -0.15) is 0 Å². The maximum absolute atomic E-state index is 13.7. The molecule has 1 unspecified atom stereocenters. The number of nitrogens with one attached hydrogen (secondary N) is 1. The lowest BCUT2D eigenvalue weighted by Crippen LogP contribution is -2.28. The van der Waals surface area contributed by atoms with Crippen LogP contribution in [0.2, 0.25) is 0 Å². The molecule has 1 atom stereocenters. The van der Waals surface area contributed by atoms with E-state index < -0.39 is 17.8 Å². The molecule has 3 N–H and O–H groups in total. The van der Waals surface area contributed by atoms with Gasteiger partial charge >= 0.3 is 0 Å². The molecule has 20 heavy (non-hydrogen) atoms. The highest BCUT2D eigenvalue weighted by atomic mass is 19.1. The Labute approximate surface area is 117 Å². The number of amides is 1. The van der Waals surface area contributed by atoms with E-state index in [2.05, 4.69) is 5.32 Å². The number of carbonyl (C=O) groups excluding carboxylic acids is 1. The van der Waals surface area contributed by atoms with Gasteiger partial charge in [0, 0.05) is 0 Å². The maximum atomic E-state index is 13.7. The van der Waals surface area contributed by atoms with Crippen molar-refractivity contribution in [3.8, 4) is 0 Å². The van der Waals surface area contributed by atoms with Gasteiger partial charge in [0.15, 0.2) is 0 Å². The number of benzene rings is 2. The fraction of sp³-hybridized carbons (Fsp3) is 0.188. The van der Waals surface area contributed by atoms with Crippen LogP contribution in [0.5, 0.6) is 0 Å². The second-order valence-corrected chi connectivity index (χ2v) is 4.86. The topological polar surface area (TPSA) is 55.1 Å². The van der Waals surface area contributed by atoms with Crippen molar-refractivity contribution in [3.63, 3.8) is 0 Å². The van der Waals surface area contributed by atoms with Crippen molar-refractivity contribution in [2.75, 3.05) is 5.32 Å². The first-order valence-electron chi connectivity index (χ1n) is 6.36. The van der Waals surface area contributed by atoms with Crippen LogP contribution >= 0.6 is 0 Å². The summed E-state index contributed by atoms with van der Waals surface area (Å²) in [6, 6.07) is 11.2. The standard InChI is InChI=1S/C16H17FN2O/c1-10-3-6-12(7-4-10)15(18)16(20)19-14-8-5-11(2)9-13(14)17/h3-9,15H,18H2,1-2H3,(H,19,20). The molecule has 104 valence electrons. The summed E-state index contributed by atoms with van der Waals surface area (Å²) in [4.78, 5) is 12.0. The molecule has 3 nitrogen and oxygen atoms in total. The zero-order valence-corrected chi connectivity index (χ0v) is 11.5. The number of rotatable bonds is 3. The Kier molecular flexibility index (Phi) is 4.15. The molecule has 0 fully saturated rings. The third kappa shape index (κ3) is 3.22. The highest BCUT2D eigenvalue weighted by Gasteiger charge is 2.17. The largest absolute Gasteiger partial charge is 0.322 e. The molecule has 2 rings (SSSR count). The minimum atomic E-state index is -0.823. The van der Waals surface area contributed by atoms with E-state index in [0.29, 0.717) is 5.56 Å². The molecule has 0 aliphatic rings. The van der Waals surface area contributed by atoms with Crippen molar-refractivity contribution in [2.24, 2.45) is 5.73 Å². The first-order chi connectivity index (χ1) is 9.47. The van der Waals surface area contributed by atoms with E-state index in [9.17, 15) is 9.18 Å². The van der Waals surface area contributed by atoms with Crippen molar-refractivity contribution < 1.29 is 9.18 Å². The Morgan fingerprint density at radius 2 is 1.70 bits per heavy atom. The predicted molar refractivity (Wildman–Crippen MR) is 77.9 cm³/mol. The first kappa shape index (κ1) is 14.2. The van der Waals surface area contributed by atoms with Gasteiger partial charge in [0.1, 0.15) is 11.9 Å². The number of hydrogen-bond acceptors (Lipinski definition) is 2. The summed E-state index contributed by atoms with van der Waals surface area (Å²) in [5.41, 5.74) is 8.60. The summed E-state index contributed by atoms with van der Waals surface area (Å²) >= 11 is 0. The Hall–Kier alpha value is -2.20. The van der Waals surface area contributed by atoms with Crippen LogP contribution in [0.15, 0.2) is 42.5 Å². The van der Waals surface area contributed by atoms with Crippen LogP contribution in [0.1, 0.15) is 22.7 Å². The van der Waals surface area contributed by atoms with Crippen molar-refractivity contribution in [3.05, 3.63) is 65.0 Å². The molecule has 2 aromatic carbocycles. The molecule has 4 heteroatoms. The van der Waals surface area contributed by atoms with Gasteiger partial charge in [0.2, 0.25) is 5.91 Å². The van der Waals surface area contributed by atoms with Crippen LogP contribution in [-0.4, -0.2) is 5.91 Å². The van der Waals surface area contributed by atoms with Gasteiger partial charge < -0.3 is 11.1 Å². The number of aryl methyl sites for hydroxylation is 2. The van der Waals surface area contributed by atoms with E-state index in [-0.39, 0.29) is 5.69 Å². The van der Waals surface area contributed by atoms with E-state index in [1.165, 1.54) is 12.1 Å². The van der Waals surface area contributed by atoms with Gasteiger partial charge in [-0.15, -0.1) is 0 Å². The molecule has 0 saturated carbocycles. The molecule has 0 heterocycles. The van der Waals surface area contributed by atoms with Gasteiger partial charge in [-0.25, -0.2) is 4.39 Å². The van der Waals surface area contributed by atoms with Gasteiger partial charge in [-0.05, 0) is 37.1 Å². The van der Waals surface area contributed by atoms with Crippen molar-refractivity contribution in [1.29, 1.82) is 0 Å². The van der Waals surface area contributed by atoms with Crippen molar-refractivity contribution in [1.82, 2.24) is 0 Å². The number of carbonyl (C=O) groups is 1. The zero-order valence-electron chi connectivity index (χ0n) is 11.5. The number of anilines is 1. The molecule has 1 amide bonds. The summed E-state index contributed by atoms with van der Waals surface area (Å²) in [5.74, 6) is -0.897. The molecular formula is C16H17FN2O. The molecule has 0 aromatic heterocycles. The van der Waals surface area contributed by atoms with Crippen LogP contribution in [0, 0.1) is 19.7 Å². The lowest BCUT2D eigenvalue weighted by molar-refractivity contribution is -0.117. The minimum Gasteiger partial charge on any atom is -0.322 e. The monoisotopic (exact) mass is 272 g/mol. The summed E-state index contributed by atoms with van der Waals surface area (Å²) in [7, 11) is 0. The average Bonchev–Trinajstić information content (AvgIpc) is 2.42. The van der Waals surface area contributed by atoms with Crippen LogP contribution in [0.25, 0.3) is 0 Å². The number of halogens is 1. The fourth-order valence-corrected chi connectivity index (χ4v) is 1.86. The molecule has 2 aromatic rings. The van der Waals surface area contributed by atoms with E-state index in [1.807, 2.05) is 19.1 Å². The summed E-state index contributed by atoms with van der Waals surface area (Å²) in [6.07, 6.45) is 0. The molecular weight excluding hydrogens is 255 g/mol. The van der Waals surface area contributed by atoms with Gasteiger partial charge in [-0.3, -0.25) is 4.79 Å². The average molecular weight is 272 g/mol. The van der Waals surface area contributed by atoms with E-state index >= 15 is 0 Å². The lowest BCUT2D eigenvalue weighted by Gasteiger charge is -2.13. The summed E-state index contributed by atoms with van der Waals surface area (Å²) < 4.78 is 13.7. The predicted octanol–water partition coefficient (Wildman–Crippen LogP) is 3.08. The Morgan fingerprint density at radius 1 is 1.10 bits per heavy atom. The third-order valence-corrected chi connectivity index (χ3v) is 3.10. The van der Waals surface area contributed by atoms with Crippen LogP contribution in [0.3, 0.4) is 0 Å². The zero-order chi connectivity index (χ0) is 14.7. The van der Waals surface area contributed by atoms with E-state index in [1.54, 1.807) is 25.1 Å². The fourth-order valence-electron chi connectivity index (χ4n) is 1.86. The van der Waals surface area contributed by atoms with Crippen molar-refractivity contribution in [2.45, 2.75) is 19.9 Å². The van der Waals surface area contributed by atoms with Crippen LogP contribution < -0.4 is 11.1 Å². The molecule has 0 aliphatic carbocycles. The Bertz CT molecular complexity index is 623. The Morgan fingerprint density at radius 3 is 2.30 bits per heavy atom. The second kappa shape index (κ2) is 5.84. The second-order valence-electron chi connectivity index (χ2n) is 4.86. The quantitative estimate of drug-likeness (QED) is 0.902. The SMILES string of the molecule is Cc1ccc(C(N)C(=O)Nc2ccc(C)cc2F)cc1. The van der Waals surface area contributed by atoms with Gasteiger partial charge in [-0.1, -0.05) is 35.9 Å². The normalized spacial score (nSPS) is 12.0. The third-order valence-electron chi connectivity index (χ3n) is 3.10. The number of hydrogen-bond donors (Lipinski definition) is 2. The highest BCUT2D eigenvalue weighted by Crippen LogP contribution is 2.18. The summed E-state index contributed by atoms with van der Waals surface area (Å²) in [6.45, 7) is 3.74. The molecule has 0 aliphatic heterocycles. The van der Waals surface area contributed by atoms with Crippen LogP contribution in [-0.2, 0) is 4.79 Å². The molecule has 0 bridgehead atoms. The minimum absolute atomic E-state index is 0.142. The lowest BCUT2D eigenvalue weighted by atomic mass is 10.1. The summed E-state index contributed by atoms with van der Waals surface area (Å²) in [5, 5.41) is 2.51. The molecule has 0 spiro atoms. The highest BCUT2D eigenvalue weighted by molar-refractivity contribution is 5.95. The Balaban J connectivity index is 2.13.